The number of rotatable bonds is 0. The van der Waals surface area contributed by atoms with Crippen molar-refractivity contribution in [2.75, 3.05) is 0 Å². The van der Waals surface area contributed by atoms with E-state index in [0.717, 1.165) is 0 Å². The molecule has 65 valence electrons. The van der Waals surface area contributed by atoms with Gasteiger partial charge in [0.05, 0.1) is 0 Å². The summed E-state index contributed by atoms with van der Waals surface area (Å²) < 4.78 is 0. The van der Waals surface area contributed by atoms with Crippen molar-refractivity contribution >= 4 is 59.1 Å². The summed E-state index contributed by atoms with van der Waals surface area (Å²) in [6.07, 6.45) is 0. The van der Waals surface area contributed by atoms with Crippen molar-refractivity contribution in [1.82, 2.24) is 0 Å². The maximum Gasteiger partial charge on any atom is 5.00 e. The van der Waals surface area contributed by atoms with Crippen molar-refractivity contribution in [2.24, 2.45) is 0 Å². The van der Waals surface area contributed by atoms with Gasteiger partial charge in [-0.2, -0.15) is 0 Å². The van der Waals surface area contributed by atoms with Crippen LogP contribution in [0, 0.1) is 71.0 Å². The van der Waals surface area contributed by atoms with Gasteiger partial charge in [0, 0.05) is 59.1 Å². The second kappa shape index (κ2) is 15300. The molecule has 0 N–H and O–H groups in total. The molecule has 0 aromatic rings. The molecule has 0 bridgehead atoms. The molecule has 3 radical (unpaired) electrons. The van der Waals surface area contributed by atoms with Gasteiger partial charge in [-0.25, -0.2) is 0 Å². The SMILES string of the molecule is [C-]#N.[C-]#N.[C-]#N.[C-]#N.[C-]#N.[C-]#N.[Fe+5].[Na+].[Na].[Na]. The predicted molar refractivity (Wildman–Crippen MR) is 41.3 cm³/mol. The Morgan fingerprint density at radius 2 is 0.375 bits per heavy atom. The molecule has 10 heteroatoms. The van der Waals surface area contributed by atoms with Crippen LogP contribution in [-0.2, 0) is 17.1 Å². The van der Waals surface area contributed by atoms with Crippen LogP contribution in [0.2, 0.25) is 0 Å². The van der Waals surface area contributed by atoms with Gasteiger partial charge in [0.15, 0.2) is 0 Å². The Bertz CT molecular complexity index is 103. The predicted octanol–water partition coefficient (Wildman–Crippen LogP) is -3.18. The molecular formula is C6FeN6Na3. The summed E-state index contributed by atoms with van der Waals surface area (Å²) in [5.74, 6) is 0. The van der Waals surface area contributed by atoms with Gasteiger partial charge in [-0.05, 0) is 0 Å². The average Bonchev–Trinajstić information content (AvgIpc) is 2.33. The molecule has 0 aromatic heterocycles. The van der Waals surface area contributed by atoms with Crippen LogP contribution in [-0.4, -0.2) is 59.1 Å². The third-order valence-corrected chi connectivity index (χ3v) is 0. The first kappa shape index (κ1) is 94.3. The van der Waals surface area contributed by atoms with Gasteiger partial charge in [-0.15, -0.1) is 0 Å². The van der Waals surface area contributed by atoms with E-state index in [1.807, 2.05) is 0 Å². The molecule has 0 heterocycles. The van der Waals surface area contributed by atoms with Crippen LogP contribution in [0.3, 0.4) is 0 Å². The Hall–Kier alpha value is 0.459. The molecular weight excluding hydrogens is 281 g/mol. The molecule has 0 amide bonds. The summed E-state index contributed by atoms with van der Waals surface area (Å²) in [5.41, 5.74) is 0. The summed E-state index contributed by atoms with van der Waals surface area (Å²) in [4.78, 5) is 0. The number of hydrogen-bond donors (Lipinski definition) is 0. The van der Waals surface area contributed by atoms with E-state index >= 15 is 0 Å². The minimum Gasteiger partial charge on any atom is -0.512 e. The second-order valence-electron chi connectivity index (χ2n) is 0. The van der Waals surface area contributed by atoms with Gasteiger partial charge in [0.2, 0.25) is 0 Å². The first-order chi connectivity index (χ1) is 6.00. The van der Waals surface area contributed by atoms with Gasteiger partial charge < -0.3 is 71.0 Å². The smallest absolute Gasteiger partial charge is 0.512 e. The molecule has 0 atom stereocenters. The van der Waals surface area contributed by atoms with E-state index in [9.17, 15) is 0 Å². The summed E-state index contributed by atoms with van der Waals surface area (Å²) in [6.45, 7) is 28.5. The molecule has 0 aliphatic heterocycles. The van der Waals surface area contributed by atoms with Crippen LogP contribution < -0.4 is 29.6 Å². The summed E-state index contributed by atoms with van der Waals surface area (Å²) in [6, 6.07) is 0. The Kier molecular flexibility index (Phi) is 90200. The molecule has 6 nitrogen and oxygen atoms in total. The number of nitrogens with zero attached hydrogens (tertiary/aromatic N) is 6. The Labute approximate surface area is 174 Å². The first-order valence-corrected chi connectivity index (χ1v) is 1.34. The van der Waals surface area contributed by atoms with Crippen LogP contribution in [0.15, 0.2) is 0 Å². The molecule has 0 aliphatic rings. The van der Waals surface area contributed by atoms with Gasteiger partial charge >= 0.3 is 46.6 Å². The molecule has 0 saturated heterocycles. The van der Waals surface area contributed by atoms with E-state index in [1.54, 1.807) is 0 Å². The summed E-state index contributed by atoms with van der Waals surface area (Å²) >= 11 is 0. The van der Waals surface area contributed by atoms with Gasteiger partial charge in [-0.1, -0.05) is 0 Å². The third kappa shape index (κ3) is 12400. The molecule has 16 heavy (non-hydrogen) atoms. The zero-order valence-electron chi connectivity index (χ0n) is 9.04. The van der Waals surface area contributed by atoms with E-state index in [4.69, 9.17) is 71.0 Å². The Balaban J connectivity index is -0.00000000321. The van der Waals surface area contributed by atoms with E-state index < -0.39 is 0 Å². The van der Waals surface area contributed by atoms with Crippen molar-refractivity contribution < 1.29 is 46.6 Å². The van der Waals surface area contributed by atoms with E-state index in [-0.39, 0.29) is 106 Å². The van der Waals surface area contributed by atoms with Crippen LogP contribution >= 0.6 is 0 Å². The van der Waals surface area contributed by atoms with Crippen molar-refractivity contribution in [3.8, 4) is 0 Å². The minimum absolute atomic E-state index is 0. The molecule has 0 rings (SSSR count). The third-order valence-electron chi connectivity index (χ3n) is 0. The fraction of sp³-hybridized carbons (Fsp3) is 0. The van der Waals surface area contributed by atoms with Crippen LogP contribution in [0.4, 0.5) is 0 Å². The van der Waals surface area contributed by atoms with Gasteiger partial charge in [0.25, 0.3) is 0 Å². The molecule has 0 aromatic carbocycles. The second-order valence-corrected chi connectivity index (χ2v) is 0. The summed E-state index contributed by atoms with van der Waals surface area (Å²) in [7, 11) is 0. The largest absolute Gasteiger partial charge is 5.00 e. The maximum atomic E-state index is 6.25. The molecule has 0 fully saturated rings. The zero-order valence-corrected chi connectivity index (χ0v) is 16.1. The van der Waals surface area contributed by atoms with Gasteiger partial charge in [0.1, 0.15) is 0 Å². The van der Waals surface area contributed by atoms with Crippen molar-refractivity contribution in [3.63, 3.8) is 0 Å². The van der Waals surface area contributed by atoms with Crippen molar-refractivity contribution in [3.05, 3.63) is 39.4 Å². The average molecular weight is 281 g/mol. The summed E-state index contributed by atoms with van der Waals surface area (Å²) in [5, 5.41) is 37.5. The monoisotopic (exact) mass is 281 g/mol. The van der Waals surface area contributed by atoms with E-state index in [0.29, 0.717) is 0 Å². The normalized spacial score (nSPS) is 0.750. The Morgan fingerprint density at radius 3 is 0.375 bits per heavy atom. The zero-order chi connectivity index (χ0) is 12.0. The Morgan fingerprint density at radius 1 is 0.375 bits per heavy atom. The molecule has 0 spiro atoms. The van der Waals surface area contributed by atoms with Crippen molar-refractivity contribution in [1.29, 1.82) is 31.6 Å². The van der Waals surface area contributed by atoms with Crippen LogP contribution in [0.25, 0.3) is 0 Å². The first-order valence-electron chi connectivity index (χ1n) is 1.34. The minimum atomic E-state index is 0. The fourth-order valence-electron chi connectivity index (χ4n) is 0. The number of hydrogen-bond acceptors (Lipinski definition) is 6. The van der Waals surface area contributed by atoms with E-state index in [2.05, 4.69) is 0 Å². The quantitative estimate of drug-likeness (QED) is 0.338. The van der Waals surface area contributed by atoms with Gasteiger partial charge in [-0.3, -0.25) is 0 Å². The van der Waals surface area contributed by atoms with Crippen LogP contribution in [0.5, 0.6) is 0 Å². The standard InChI is InChI=1S/6CN.Fe.3Na/c6*1-2;;;;/q6*-1;+5;;;+1. The fourth-order valence-corrected chi connectivity index (χ4v) is 0. The van der Waals surface area contributed by atoms with Crippen LogP contribution in [0.1, 0.15) is 0 Å². The molecule has 0 unspecified atom stereocenters. The topological polar surface area (TPSA) is 143 Å². The molecule has 0 saturated carbocycles. The van der Waals surface area contributed by atoms with E-state index in [1.165, 1.54) is 0 Å². The van der Waals surface area contributed by atoms with Crippen molar-refractivity contribution in [2.45, 2.75) is 0 Å². The molecule has 0 aliphatic carbocycles. The maximum absolute atomic E-state index is 6.25.